The second-order valence-corrected chi connectivity index (χ2v) is 17.5. The van der Waals surface area contributed by atoms with Crippen LogP contribution in [0.2, 0.25) is 0 Å². The number of allylic oxidation sites excluding steroid dienone is 3. The molecular formula is C62H39N. The molecule has 0 aliphatic heterocycles. The molecule has 0 bridgehead atoms. The molecule has 0 saturated carbocycles. The molecule has 1 nitrogen and oxygen atoms in total. The third-order valence-electron chi connectivity index (χ3n) is 14.4. The van der Waals surface area contributed by atoms with Crippen molar-refractivity contribution < 1.29 is 0 Å². The first-order valence-electron chi connectivity index (χ1n) is 22.1. The van der Waals surface area contributed by atoms with Crippen LogP contribution in [0.15, 0.2) is 224 Å². The molecule has 0 amide bonds. The zero-order valence-electron chi connectivity index (χ0n) is 34.5. The molecule has 1 heteroatoms. The van der Waals surface area contributed by atoms with Gasteiger partial charge in [0.05, 0.1) is 5.41 Å². The van der Waals surface area contributed by atoms with Crippen molar-refractivity contribution in [2.45, 2.75) is 11.8 Å². The Morgan fingerprint density at radius 1 is 0.365 bits per heavy atom. The molecule has 10 aromatic carbocycles. The van der Waals surface area contributed by atoms with E-state index in [1.807, 2.05) is 0 Å². The minimum absolute atomic E-state index is 0.441. The van der Waals surface area contributed by atoms with Crippen LogP contribution in [0.5, 0.6) is 0 Å². The number of nitrogens with zero attached hydrogens (tertiary/aromatic N) is 1. The Morgan fingerprint density at radius 2 is 0.984 bits per heavy atom. The van der Waals surface area contributed by atoms with Crippen molar-refractivity contribution in [2.24, 2.45) is 0 Å². The van der Waals surface area contributed by atoms with Gasteiger partial charge in [-0.05, 0) is 159 Å². The van der Waals surface area contributed by atoms with E-state index >= 15 is 0 Å². The van der Waals surface area contributed by atoms with Crippen molar-refractivity contribution in [3.05, 3.63) is 263 Å². The molecule has 63 heavy (non-hydrogen) atoms. The third kappa shape index (κ3) is 4.77. The fraction of sp³-hybridized carbons (Fsp3) is 0.0323. The summed E-state index contributed by atoms with van der Waals surface area (Å²) in [6, 6.07) is 77.8. The second kappa shape index (κ2) is 13.0. The monoisotopic (exact) mass is 797 g/mol. The van der Waals surface area contributed by atoms with E-state index in [1.54, 1.807) is 0 Å². The molecule has 0 N–H and O–H groups in total. The maximum Gasteiger partial charge on any atom is 0.0726 e. The molecule has 0 fully saturated rings. The van der Waals surface area contributed by atoms with E-state index in [1.165, 1.54) is 111 Å². The largest absolute Gasteiger partial charge is 0.310 e. The molecule has 0 aromatic heterocycles. The minimum atomic E-state index is -0.441. The van der Waals surface area contributed by atoms with Crippen LogP contribution in [0, 0.1) is 0 Å². The molecule has 0 heterocycles. The van der Waals surface area contributed by atoms with E-state index in [4.69, 9.17) is 0 Å². The third-order valence-corrected chi connectivity index (χ3v) is 14.4. The fourth-order valence-electron chi connectivity index (χ4n) is 11.8. The van der Waals surface area contributed by atoms with Crippen LogP contribution in [-0.2, 0) is 11.8 Å². The summed E-state index contributed by atoms with van der Waals surface area (Å²) in [6.07, 6.45) is 7.74. The lowest BCUT2D eigenvalue weighted by Crippen LogP contribution is -2.26. The zero-order chi connectivity index (χ0) is 41.2. The Labute approximate surface area is 367 Å². The summed E-state index contributed by atoms with van der Waals surface area (Å²) in [5.41, 5.74) is 24.0. The summed E-state index contributed by atoms with van der Waals surface area (Å²) in [5.74, 6) is 0. The van der Waals surface area contributed by atoms with Gasteiger partial charge in [0, 0.05) is 17.1 Å². The smallest absolute Gasteiger partial charge is 0.0726 e. The van der Waals surface area contributed by atoms with Gasteiger partial charge >= 0.3 is 0 Å². The highest BCUT2D eigenvalue weighted by Crippen LogP contribution is 2.63. The summed E-state index contributed by atoms with van der Waals surface area (Å²) in [4.78, 5) is 2.53. The molecule has 0 radical (unpaired) electrons. The minimum Gasteiger partial charge on any atom is -0.310 e. The van der Waals surface area contributed by atoms with Crippen molar-refractivity contribution in [3.63, 3.8) is 0 Å². The van der Waals surface area contributed by atoms with Gasteiger partial charge < -0.3 is 4.90 Å². The van der Waals surface area contributed by atoms with Crippen molar-refractivity contribution >= 4 is 44.2 Å². The second-order valence-electron chi connectivity index (χ2n) is 17.5. The lowest BCUT2D eigenvalue weighted by molar-refractivity contribution is 0.793. The number of hydrogen-bond acceptors (Lipinski definition) is 1. The Balaban J connectivity index is 1.01. The quantitative estimate of drug-likeness (QED) is 0.160. The van der Waals surface area contributed by atoms with E-state index in [-0.39, 0.29) is 0 Å². The summed E-state index contributed by atoms with van der Waals surface area (Å²) >= 11 is 0. The molecule has 0 unspecified atom stereocenters. The molecule has 10 aromatic rings. The topological polar surface area (TPSA) is 3.24 Å². The fourth-order valence-corrected chi connectivity index (χ4v) is 11.8. The molecule has 14 rings (SSSR count). The Morgan fingerprint density at radius 3 is 1.76 bits per heavy atom. The van der Waals surface area contributed by atoms with E-state index < -0.39 is 5.41 Å². The highest BCUT2D eigenvalue weighted by atomic mass is 15.1. The zero-order valence-corrected chi connectivity index (χ0v) is 34.5. The summed E-state index contributed by atoms with van der Waals surface area (Å²) in [7, 11) is 0. The van der Waals surface area contributed by atoms with Crippen molar-refractivity contribution in [1.82, 2.24) is 0 Å². The number of hydrogen-bond donors (Lipinski definition) is 0. The molecule has 4 aliphatic rings. The Hall–Kier alpha value is -8.00. The maximum absolute atomic E-state index is 2.53. The van der Waals surface area contributed by atoms with Crippen molar-refractivity contribution in [1.29, 1.82) is 0 Å². The molecule has 0 atom stereocenters. The molecule has 0 saturated heterocycles. The summed E-state index contributed by atoms with van der Waals surface area (Å²) in [6.45, 7) is 0. The lowest BCUT2D eigenvalue weighted by Gasteiger charge is -2.32. The number of benzene rings is 10. The maximum atomic E-state index is 2.53. The van der Waals surface area contributed by atoms with E-state index in [9.17, 15) is 0 Å². The number of anilines is 3. The first-order valence-corrected chi connectivity index (χ1v) is 22.1. The average Bonchev–Trinajstić information content (AvgIpc) is 3.86. The number of rotatable bonds is 4. The van der Waals surface area contributed by atoms with Gasteiger partial charge in [-0.2, -0.15) is 0 Å². The number of fused-ring (bicyclic) bond motifs is 16. The van der Waals surface area contributed by atoms with Gasteiger partial charge in [0.2, 0.25) is 0 Å². The average molecular weight is 798 g/mol. The highest BCUT2D eigenvalue weighted by molar-refractivity contribution is 6.09. The molecule has 292 valence electrons. The van der Waals surface area contributed by atoms with Crippen LogP contribution in [0.25, 0.3) is 71.6 Å². The molecular weight excluding hydrogens is 759 g/mol. The van der Waals surface area contributed by atoms with Crippen LogP contribution in [0.1, 0.15) is 38.9 Å². The Bertz CT molecular complexity index is 3610. The van der Waals surface area contributed by atoms with E-state index in [0.717, 1.165) is 23.5 Å². The standard InChI is InChI=1S/C62H39N/c1-3-18-47-39(14-1)28-29-42-34-41(30-32-48(42)47)40-16-13-17-44(35-40)63(46-36-43-15-2-4-24-55-49-19-5-6-20-50(49)56(37-46)61(43)55)45-31-33-54-53-23-9-12-27-59(53)62(60(54)38-45)57-25-10-7-21-51(57)52-22-8-11-26-58(52)62/h1-14,16-38H,15H2. The van der Waals surface area contributed by atoms with Gasteiger partial charge in [0.25, 0.3) is 0 Å². The lowest BCUT2D eigenvalue weighted by atomic mass is 9.70. The normalized spacial score (nSPS) is 14.1. The van der Waals surface area contributed by atoms with Crippen LogP contribution < -0.4 is 4.90 Å². The van der Waals surface area contributed by atoms with Crippen molar-refractivity contribution in [2.75, 3.05) is 4.90 Å². The van der Waals surface area contributed by atoms with Gasteiger partial charge in [0.15, 0.2) is 0 Å². The highest BCUT2D eigenvalue weighted by Gasteiger charge is 2.51. The van der Waals surface area contributed by atoms with Crippen LogP contribution in [-0.4, -0.2) is 0 Å². The predicted octanol–water partition coefficient (Wildman–Crippen LogP) is 16.0. The van der Waals surface area contributed by atoms with Gasteiger partial charge in [0.1, 0.15) is 0 Å². The van der Waals surface area contributed by atoms with E-state index in [2.05, 4.69) is 229 Å². The van der Waals surface area contributed by atoms with Gasteiger partial charge in [-0.15, -0.1) is 0 Å². The van der Waals surface area contributed by atoms with E-state index in [0.29, 0.717) is 0 Å². The van der Waals surface area contributed by atoms with Crippen LogP contribution in [0.3, 0.4) is 0 Å². The van der Waals surface area contributed by atoms with Crippen molar-refractivity contribution in [3.8, 4) is 44.5 Å². The van der Waals surface area contributed by atoms with Crippen LogP contribution >= 0.6 is 0 Å². The first-order chi connectivity index (χ1) is 31.2. The van der Waals surface area contributed by atoms with Crippen LogP contribution in [0.4, 0.5) is 17.1 Å². The summed E-state index contributed by atoms with van der Waals surface area (Å²) in [5, 5.41) is 5.09. The Kier molecular flexibility index (Phi) is 7.16. The van der Waals surface area contributed by atoms with Gasteiger partial charge in [-0.3, -0.25) is 0 Å². The SMILES string of the molecule is C1=CCc2cc(N(c3cccc(-c4ccc5c(ccc6ccccc65)c4)c3)c3ccc4c(c3)C3(c5ccccc5-c5ccccc53)c3ccccc3-4)cc3c2C(=C1)c1ccccc1-3. The molecule has 4 aliphatic carbocycles. The molecule has 1 spiro atoms. The first kappa shape index (κ1) is 34.7. The predicted molar refractivity (Wildman–Crippen MR) is 263 cm³/mol. The van der Waals surface area contributed by atoms with Gasteiger partial charge in [-0.25, -0.2) is 0 Å². The summed E-state index contributed by atoms with van der Waals surface area (Å²) < 4.78 is 0. The van der Waals surface area contributed by atoms with Gasteiger partial charge in [-0.1, -0.05) is 182 Å².